The Kier molecular flexibility index (Phi) is 7.44. The molecule has 6 heteroatoms. The van der Waals surface area contributed by atoms with Gasteiger partial charge in [0.05, 0.1) is 5.92 Å². The van der Waals surface area contributed by atoms with E-state index in [1.165, 1.54) is 5.56 Å². The minimum atomic E-state index is -0.314. The van der Waals surface area contributed by atoms with Crippen molar-refractivity contribution in [3.05, 3.63) is 63.6 Å². The number of hydrogen-bond acceptors (Lipinski definition) is 2. The van der Waals surface area contributed by atoms with E-state index in [9.17, 15) is 4.79 Å². The molecule has 0 bridgehead atoms. The summed E-state index contributed by atoms with van der Waals surface area (Å²) in [6, 6.07) is 13.1. The van der Waals surface area contributed by atoms with Crippen molar-refractivity contribution in [2.75, 3.05) is 5.32 Å². The highest BCUT2D eigenvalue weighted by Crippen LogP contribution is 2.22. The van der Waals surface area contributed by atoms with Crippen molar-refractivity contribution in [3.63, 3.8) is 0 Å². The van der Waals surface area contributed by atoms with Crippen LogP contribution in [0, 0.1) is 5.92 Å². The van der Waals surface area contributed by atoms with E-state index in [1.807, 2.05) is 19.1 Å². The number of hydrogen-bond donors (Lipinski definition) is 2. The molecule has 1 unspecified atom stereocenters. The predicted molar refractivity (Wildman–Crippen MR) is 114 cm³/mol. The molecule has 0 radical (unpaired) electrons. The van der Waals surface area contributed by atoms with Gasteiger partial charge in [-0.2, -0.15) is 0 Å². The van der Waals surface area contributed by atoms with Crippen molar-refractivity contribution >= 4 is 52.1 Å². The summed E-state index contributed by atoms with van der Waals surface area (Å²) in [4.78, 5) is 12.4. The molecule has 1 amide bonds. The van der Waals surface area contributed by atoms with E-state index in [1.54, 1.807) is 18.2 Å². The monoisotopic (exact) mass is 408 g/mol. The second-order valence-corrected chi connectivity index (χ2v) is 7.94. The molecule has 0 spiro atoms. The molecule has 2 rings (SSSR count). The number of amides is 1. The first kappa shape index (κ1) is 20.7. The molecule has 0 aliphatic rings. The molecule has 138 valence electrons. The predicted octanol–water partition coefficient (Wildman–Crippen LogP) is 5.81. The Morgan fingerprint density at radius 3 is 2.15 bits per heavy atom. The molecular formula is C20H22Cl2N2OS. The summed E-state index contributed by atoms with van der Waals surface area (Å²) in [5.41, 5.74) is 2.84. The number of nitrogens with one attached hydrogen (secondary N) is 2. The van der Waals surface area contributed by atoms with Crippen molar-refractivity contribution in [1.82, 2.24) is 5.32 Å². The number of rotatable bonds is 5. The van der Waals surface area contributed by atoms with Crippen LogP contribution in [0.4, 0.5) is 5.69 Å². The lowest BCUT2D eigenvalue weighted by molar-refractivity contribution is -0.120. The highest BCUT2D eigenvalue weighted by Gasteiger charge is 2.16. The third kappa shape index (κ3) is 6.27. The standard InChI is InChI=1S/C20H22Cl2N2OS/c1-12(2)8-14-4-6-15(7-5-14)13(3)19(25)24-20(26)23-18-10-16(21)9-17(22)11-18/h4-7,9-13H,8H2,1-3H3,(H2,23,24,25,26). The maximum absolute atomic E-state index is 12.4. The van der Waals surface area contributed by atoms with Crippen molar-refractivity contribution in [2.24, 2.45) is 5.92 Å². The van der Waals surface area contributed by atoms with Crippen LogP contribution in [-0.4, -0.2) is 11.0 Å². The summed E-state index contributed by atoms with van der Waals surface area (Å²) >= 11 is 17.1. The molecule has 0 heterocycles. The van der Waals surface area contributed by atoms with Crippen LogP contribution < -0.4 is 10.6 Å². The van der Waals surface area contributed by atoms with Gasteiger partial charge in [-0.3, -0.25) is 4.79 Å². The zero-order valence-corrected chi connectivity index (χ0v) is 17.3. The Morgan fingerprint density at radius 1 is 1.04 bits per heavy atom. The van der Waals surface area contributed by atoms with Gasteiger partial charge in [-0.1, -0.05) is 61.3 Å². The summed E-state index contributed by atoms with van der Waals surface area (Å²) in [6.45, 7) is 6.22. The largest absolute Gasteiger partial charge is 0.332 e. The molecule has 0 aliphatic carbocycles. The van der Waals surface area contributed by atoms with Gasteiger partial charge in [0, 0.05) is 15.7 Å². The van der Waals surface area contributed by atoms with Gasteiger partial charge in [0.25, 0.3) is 0 Å². The first-order valence-corrected chi connectivity index (χ1v) is 9.58. The number of benzene rings is 2. The summed E-state index contributed by atoms with van der Waals surface area (Å²) in [6.07, 6.45) is 1.02. The average molecular weight is 409 g/mol. The summed E-state index contributed by atoms with van der Waals surface area (Å²) < 4.78 is 0. The van der Waals surface area contributed by atoms with Crippen molar-refractivity contribution < 1.29 is 4.79 Å². The fourth-order valence-corrected chi connectivity index (χ4v) is 3.32. The molecule has 2 aromatic rings. The molecule has 0 saturated heterocycles. The highest BCUT2D eigenvalue weighted by atomic mass is 35.5. The third-order valence-electron chi connectivity index (χ3n) is 3.87. The molecule has 0 aromatic heterocycles. The normalized spacial score (nSPS) is 11.9. The maximum atomic E-state index is 12.4. The molecule has 26 heavy (non-hydrogen) atoms. The Morgan fingerprint density at radius 2 is 1.62 bits per heavy atom. The zero-order chi connectivity index (χ0) is 19.3. The molecule has 0 fully saturated rings. The zero-order valence-electron chi connectivity index (χ0n) is 15.0. The van der Waals surface area contributed by atoms with Gasteiger partial charge in [0.2, 0.25) is 5.91 Å². The third-order valence-corrected chi connectivity index (χ3v) is 4.51. The van der Waals surface area contributed by atoms with Crippen LogP contribution in [0.1, 0.15) is 37.8 Å². The fourth-order valence-electron chi connectivity index (χ4n) is 2.57. The molecule has 0 aliphatic heterocycles. The number of thiocarbonyl (C=S) groups is 1. The molecule has 2 N–H and O–H groups in total. The van der Waals surface area contributed by atoms with Crippen LogP contribution in [0.2, 0.25) is 10.0 Å². The first-order chi connectivity index (χ1) is 12.2. The van der Waals surface area contributed by atoms with Crippen molar-refractivity contribution in [1.29, 1.82) is 0 Å². The van der Waals surface area contributed by atoms with E-state index < -0.39 is 0 Å². The SMILES string of the molecule is CC(C)Cc1ccc(C(C)C(=O)NC(=S)Nc2cc(Cl)cc(Cl)c2)cc1. The van der Waals surface area contributed by atoms with Crippen LogP contribution in [-0.2, 0) is 11.2 Å². The number of carbonyl (C=O) groups is 1. The lowest BCUT2D eigenvalue weighted by atomic mass is 9.96. The van der Waals surface area contributed by atoms with Crippen molar-refractivity contribution in [2.45, 2.75) is 33.1 Å². The first-order valence-electron chi connectivity index (χ1n) is 8.41. The fraction of sp³-hybridized carbons (Fsp3) is 0.300. The van der Waals surface area contributed by atoms with Crippen molar-refractivity contribution in [3.8, 4) is 0 Å². The van der Waals surface area contributed by atoms with Crippen LogP contribution >= 0.6 is 35.4 Å². The molecule has 0 saturated carbocycles. The molecule has 1 atom stereocenters. The second kappa shape index (κ2) is 9.36. The van der Waals surface area contributed by atoms with E-state index in [-0.39, 0.29) is 16.9 Å². The van der Waals surface area contributed by atoms with Gasteiger partial charge in [-0.15, -0.1) is 0 Å². The molecule has 2 aromatic carbocycles. The van der Waals surface area contributed by atoms with Crippen LogP contribution in [0.5, 0.6) is 0 Å². The second-order valence-electron chi connectivity index (χ2n) is 6.66. The quantitative estimate of drug-likeness (QED) is 0.613. The Balaban J connectivity index is 1.96. The van der Waals surface area contributed by atoms with E-state index >= 15 is 0 Å². The van der Waals surface area contributed by atoms with Gasteiger partial charge in [0.15, 0.2) is 5.11 Å². The highest BCUT2D eigenvalue weighted by molar-refractivity contribution is 7.80. The summed E-state index contributed by atoms with van der Waals surface area (Å²) in [7, 11) is 0. The smallest absolute Gasteiger partial charge is 0.233 e. The average Bonchev–Trinajstić information content (AvgIpc) is 2.53. The van der Waals surface area contributed by atoms with E-state index in [4.69, 9.17) is 35.4 Å². The van der Waals surface area contributed by atoms with Gasteiger partial charge >= 0.3 is 0 Å². The van der Waals surface area contributed by atoms with E-state index in [2.05, 4.69) is 36.6 Å². The topological polar surface area (TPSA) is 41.1 Å². The van der Waals surface area contributed by atoms with E-state index in [0.717, 1.165) is 12.0 Å². The number of halogens is 2. The Hall–Kier alpha value is -1.62. The summed E-state index contributed by atoms with van der Waals surface area (Å²) in [5, 5.41) is 6.81. The number of anilines is 1. The lowest BCUT2D eigenvalue weighted by Crippen LogP contribution is -2.36. The van der Waals surface area contributed by atoms with Crippen LogP contribution in [0.15, 0.2) is 42.5 Å². The van der Waals surface area contributed by atoms with Crippen LogP contribution in [0.25, 0.3) is 0 Å². The molecule has 3 nitrogen and oxygen atoms in total. The summed E-state index contributed by atoms with van der Waals surface area (Å²) in [5.74, 6) is 0.114. The van der Waals surface area contributed by atoms with Gasteiger partial charge in [0.1, 0.15) is 0 Å². The maximum Gasteiger partial charge on any atom is 0.233 e. The lowest BCUT2D eigenvalue weighted by Gasteiger charge is -2.15. The van der Waals surface area contributed by atoms with Gasteiger partial charge in [-0.05, 0) is 60.8 Å². The van der Waals surface area contributed by atoms with E-state index in [0.29, 0.717) is 21.7 Å². The molecular weight excluding hydrogens is 387 g/mol. The minimum absolute atomic E-state index is 0.174. The van der Waals surface area contributed by atoms with Gasteiger partial charge in [-0.25, -0.2) is 0 Å². The van der Waals surface area contributed by atoms with Gasteiger partial charge < -0.3 is 10.6 Å². The minimum Gasteiger partial charge on any atom is -0.332 e. The van der Waals surface area contributed by atoms with Crippen LogP contribution in [0.3, 0.4) is 0 Å². The number of carbonyl (C=O) groups excluding carboxylic acids is 1. The Labute approximate surface area is 170 Å². The Bertz CT molecular complexity index is 771.